The third-order valence-electron chi connectivity index (χ3n) is 2.07. The van der Waals surface area contributed by atoms with Crippen molar-refractivity contribution >= 4 is 0 Å². The zero-order chi connectivity index (χ0) is 7.94. The Bertz CT molecular complexity index is 89.6. The van der Waals surface area contributed by atoms with Gasteiger partial charge in [0.15, 0.2) is 0 Å². The molecule has 0 amide bonds. The molecule has 1 rings (SSSR count). The Morgan fingerprint density at radius 2 is 2.36 bits per heavy atom. The fourth-order valence-corrected chi connectivity index (χ4v) is 1.41. The Kier molecular flexibility index (Phi) is 4.55. The fraction of sp³-hybridized carbons (Fsp3) is 1.00. The maximum absolute atomic E-state index is 5.56. The van der Waals surface area contributed by atoms with Gasteiger partial charge in [-0.05, 0) is 32.2 Å². The van der Waals surface area contributed by atoms with E-state index >= 15 is 0 Å². The van der Waals surface area contributed by atoms with Crippen LogP contribution in [0.25, 0.3) is 0 Å². The molecule has 0 saturated carbocycles. The second-order valence-corrected chi connectivity index (χ2v) is 3.19. The first kappa shape index (κ1) is 9.01. The van der Waals surface area contributed by atoms with E-state index in [0.717, 1.165) is 19.7 Å². The van der Waals surface area contributed by atoms with E-state index in [4.69, 9.17) is 4.74 Å². The van der Waals surface area contributed by atoms with Gasteiger partial charge in [0.25, 0.3) is 0 Å². The first-order valence-corrected chi connectivity index (χ1v) is 4.76. The Hall–Kier alpha value is -0.0800. The third kappa shape index (κ3) is 3.73. The van der Waals surface area contributed by atoms with Crippen LogP contribution in [0, 0.1) is 0 Å². The quantitative estimate of drug-likeness (QED) is 0.625. The molecule has 0 unspecified atom stereocenters. The van der Waals surface area contributed by atoms with Crippen molar-refractivity contribution in [3.8, 4) is 0 Å². The molecule has 2 heteroatoms. The maximum Gasteiger partial charge on any atom is 0.0699 e. The lowest BCUT2D eigenvalue weighted by atomic mass is 10.1. The Labute approximate surface area is 69.3 Å². The monoisotopic (exact) mass is 157 g/mol. The molecule has 0 radical (unpaired) electrons. The van der Waals surface area contributed by atoms with E-state index in [-0.39, 0.29) is 0 Å². The summed E-state index contributed by atoms with van der Waals surface area (Å²) >= 11 is 0. The minimum Gasteiger partial charge on any atom is -0.377 e. The highest BCUT2D eigenvalue weighted by atomic mass is 16.5. The number of hydrogen-bond donors (Lipinski definition) is 1. The topological polar surface area (TPSA) is 21.3 Å². The molecule has 0 aromatic heterocycles. The standard InChI is InChI=1S/C9H19NO/c1-2-6-10-8-9-5-3-4-7-11-9/h9-10H,2-8H2,1H3/t9-/m1/s1. The molecule has 66 valence electrons. The molecule has 0 aromatic carbocycles. The summed E-state index contributed by atoms with van der Waals surface area (Å²) < 4.78 is 5.56. The Morgan fingerprint density at radius 3 is 3.00 bits per heavy atom. The molecule has 11 heavy (non-hydrogen) atoms. The second kappa shape index (κ2) is 5.56. The summed E-state index contributed by atoms with van der Waals surface area (Å²) in [4.78, 5) is 0. The van der Waals surface area contributed by atoms with Gasteiger partial charge in [0.1, 0.15) is 0 Å². The first-order valence-electron chi connectivity index (χ1n) is 4.76. The highest BCUT2D eigenvalue weighted by Gasteiger charge is 2.12. The zero-order valence-corrected chi connectivity index (χ0v) is 7.44. The van der Waals surface area contributed by atoms with Crippen LogP contribution < -0.4 is 5.32 Å². The molecule has 1 aliphatic heterocycles. The average Bonchev–Trinajstić information content (AvgIpc) is 2.07. The van der Waals surface area contributed by atoms with Crippen LogP contribution in [0.5, 0.6) is 0 Å². The van der Waals surface area contributed by atoms with Gasteiger partial charge in [0.2, 0.25) is 0 Å². The lowest BCUT2D eigenvalue weighted by Gasteiger charge is -2.22. The van der Waals surface area contributed by atoms with Crippen LogP contribution in [-0.2, 0) is 4.74 Å². The van der Waals surface area contributed by atoms with Gasteiger partial charge in [-0.25, -0.2) is 0 Å². The molecule has 1 fully saturated rings. The third-order valence-corrected chi connectivity index (χ3v) is 2.07. The van der Waals surface area contributed by atoms with Crippen LogP contribution in [0.2, 0.25) is 0 Å². The molecule has 1 saturated heterocycles. The van der Waals surface area contributed by atoms with Crippen LogP contribution in [-0.4, -0.2) is 25.8 Å². The summed E-state index contributed by atoms with van der Waals surface area (Å²) in [6.45, 7) is 5.33. The van der Waals surface area contributed by atoms with E-state index in [9.17, 15) is 0 Å². The van der Waals surface area contributed by atoms with E-state index < -0.39 is 0 Å². The van der Waals surface area contributed by atoms with Gasteiger partial charge in [-0.2, -0.15) is 0 Å². The molecule has 1 N–H and O–H groups in total. The summed E-state index contributed by atoms with van der Waals surface area (Å²) in [5, 5.41) is 3.38. The number of hydrogen-bond acceptors (Lipinski definition) is 2. The predicted molar refractivity (Wildman–Crippen MR) is 46.8 cm³/mol. The van der Waals surface area contributed by atoms with Crippen molar-refractivity contribution in [3.63, 3.8) is 0 Å². The summed E-state index contributed by atoms with van der Waals surface area (Å²) in [5.74, 6) is 0. The van der Waals surface area contributed by atoms with Crippen LogP contribution in [0.4, 0.5) is 0 Å². The van der Waals surface area contributed by atoms with Crippen molar-refractivity contribution in [1.82, 2.24) is 5.32 Å². The molecular weight excluding hydrogens is 138 g/mol. The van der Waals surface area contributed by atoms with E-state index in [1.54, 1.807) is 0 Å². The van der Waals surface area contributed by atoms with Gasteiger partial charge >= 0.3 is 0 Å². The van der Waals surface area contributed by atoms with Crippen molar-refractivity contribution in [3.05, 3.63) is 0 Å². The SMILES string of the molecule is CCCNC[C@H]1CCCCO1. The predicted octanol–water partition coefficient (Wildman–Crippen LogP) is 1.56. The molecule has 0 aromatic rings. The van der Waals surface area contributed by atoms with Crippen LogP contribution in [0.3, 0.4) is 0 Å². The summed E-state index contributed by atoms with van der Waals surface area (Å²) in [7, 11) is 0. The van der Waals surface area contributed by atoms with Crippen LogP contribution >= 0.6 is 0 Å². The van der Waals surface area contributed by atoms with Crippen LogP contribution in [0.1, 0.15) is 32.6 Å². The molecule has 1 atom stereocenters. The largest absolute Gasteiger partial charge is 0.377 e. The average molecular weight is 157 g/mol. The van der Waals surface area contributed by atoms with Gasteiger partial charge in [-0.3, -0.25) is 0 Å². The minimum absolute atomic E-state index is 0.496. The number of rotatable bonds is 4. The van der Waals surface area contributed by atoms with Crippen molar-refractivity contribution in [2.75, 3.05) is 19.7 Å². The van der Waals surface area contributed by atoms with Crippen molar-refractivity contribution in [2.45, 2.75) is 38.7 Å². The van der Waals surface area contributed by atoms with Crippen molar-refractivity contribution < 1.29 is 4.74 Å². The van der Waals surface area contributed by atoms with E-state index in [2.05, 4.69) is 12.2 Å². The lowest BCUT2D eigenvalue weighted by Crippen LogP contribution is -2.32. The zero-order valence-electron chi connectivity index (χ0n) is 7.44. The highest BCUT2D eigenvalue weighted by molar-refractivity contribution is 4.65. The smallest absolute Gasteiger partial charge is 0.0699 e. The molecule has 0 spiro atoms. The van der Waals surface area contributed by atoms with Crippen LogP contribution in [0.15, 0.2) is 0 Å². The Balaban J connectivity index is 1.96. The maximum atomic E-state index is 5.56. The lowest BCUT2D eigenvalue weighted by molar-refractivity contribution is 0.0171. The van der Waals surface area contributed by atoms with Crippen molar-refractivity contribution in [2.24, 2.45) is 0 Å². The molecule has 1 aliphatic rings. The number of ether oxygens (including phenoxy) is 1. The normalized spacial score (nSPS) is 25.4. The van der Waals surface area contributed by atoms with E-state index in [1.165, 1.54) is 25.7 Å². The molecule has 0 bridgehead atoms. The van der Waals surface area contributed by atoms with E-state index in [0.29, 0.717) is 6.10 Å². The highest BCUT2D eigenvalue weighted by Crippen LogP contribution is 2.11. The van der Waals surface area contributed by atoms with Gasteiger partial charge in [0.05, 0.1) is 6.10 Å². The van der Waals surface area contributed by atoms with E-state index in [1.807, 2.05) is 0 Å². The van der Waals surface area contributed by atoms with Crippen molar-refractivity contribution in [1.29, 1.82) is 0 Å². The summed E-state index contributed by atoms with van der Waals surface area (Å²) in [6, 6.07) is 0. The molecular formula is C9H19NO. The second-order valence-electron chi connectivity index (χ2n) is 3.19. The first-order chi connectivity index (χ1) is 5.43. The van der Waals surface area contributed by atoms with Gasteiger partial charge in [-0.1, -0.05) is 6.92 Å². The molecule has 2 nitrogen and oxygen atoms in total. The fourth-order valence-electron chi connectivity index (χ4n) is 1.41. The van der Waals surface area contributed by atoms with Gasteiger partial charge in [-0.15, -0.1) is 0 Å². The van der Waals surface area contributed by atoms with Gasteiger partial charge < -0.3 is 10.1 Å². The minimum atomic E-state index is 0.496. The summed E-state index contributed by atoms with van der Waals surface area (Å²) in [5.41, 5.74) is 0. The Morgan fingerprint density at radius 1 is 1.45 bits per heavy atom. The molecule has 1 heterocycles. The molecule has 0 aliphatic carbocycles. The summed E-state index contributed by atoms with van der Waals surface area (Å²) in [6.07, 6.45) is 5.56. The van der Waals surface area contributed by atoms with Gasteiger partial charge in [0, 0.05) is 13.2 Å². The number of nitrogens with one attached hydrogen (secondary N) is 1.